The number of pyridine rings is 1. The van der Waals surface area contributed by atoms with Crippen LogP contribution in [0, 0.1) is 0 Å². The number of carbonyl (C=O) groups is 1. The zero-order valence-corrected chi connectivity index (χ0v) is 18.9. The first kappa shape index (κ1) is 22.8. The Balaban J connectivity index is 1.26. The maximum atomic E-state index is 12.4. The molecule has 1 saturated heterocycles. The van der Waals surface area contributed by atoms with E-state index < -0.39 is 10.0 Å². The van der Waals surface area contributed by atoms with Crippen molar-refractivity contribution in [3.05, 3.63) is 84.0 Å². The van der Waals surface area contributed by atoms with Crippen molar-refractivity contribution in [2.45, 2.75) is 30.8 Å². The number of carbonyl (C=O) groups excluding carboxylic acids is 1. The van der Waals surface area contributed by atoms with E-state index in [2.05, 4.69) is 19.9 Å². The van der Waals surface area contributed by atoms with E-state index in [0.29, 0.717) is 17.9 Å². The summed E-state index contributed by atoms with van der Waals surface area (Å²) in [5.74, 6) is 1.27. The van der Waals surface area contributed by atoms with Crippen molar-refractivity contribution in [3.63, 3.8) is 0 Å². The monoisotopic (exact) mass is 466 g/mol. The van der Waals surface area contributed by atoms with Gasteiger partial charge in [0.05, 0.1) is 17.7 Å². The van der Waals surface area contributed by atoms with Crippen molar-refractivity contribution in [1.82, 2.24) is 15.0 Å². The summed E-state index contributed by atoms with van der Waals surface area (Å²) in [4.78, 5) is 19.0. The van der Waals surface area contributed by atoms with E-state index in [0.717, 1.165) is 24.5 Å². The largest absolute Gasteiger partial charge is 0.468 e. The number of furan rings is 1. The predicted octanol–water partition coefficient (Wildman–Crippen LogP) is 3.08. The fraction of sp³-hybridized carbons (Fsp3) is 0.250. The molecule has 3 aromatic rings. The molecule has 1 aliphatic rings. The molecule has 0 aliphatic carbocycles. The van der Waals surface area contributed by atoms with Gasteiger partial charge in [-0.1, -0.05) is 18.2 Å². The highest BCUT2D eigenvalue weighted by Gasteiger charge is 2.14. The first-order chi connectivity index (χ1) is 16.0. The Hall–Kier alpha value is -3.43. The minimum Gasteiger partial charge on any atom is -0.468 e. The van der Waals surface area contributed by atoms with Crippen LogP contribution >= 0.6 is 0 Å². The molecule has 3 heterocycles. The number of aromatic nitrogens is 1. The summed E-state index contributed by atoms with van der Waals surface area (Å²) in [6.07, 6.45) is 8.74. The van der Waals surface area contributed by atoms with Crippen LogP contribution in [0.3, 0.4) is 0 Å². The zero-order chi connectivity index (χ0) is 23.1. The molecule has 1 amide bonds. The van der Waals surface area contributed by atoms with Crippen LogP contribution in [0.15, 0.2) is 76.4 Å². The number of amides is 1. The van der Waals surface area contributed by atoms with Crippen molar-refractivity contribution in [2.24, 2.45) is 0 Å². The van der Waals surface area contributed by atoms with Gasteiger partial charge in [0.15, 0.2) is 0 Å². The van der Waals surface area contributed by atoms with Crippen LogP contribution in [0.5, 0.6) is 0 Å². The van der Waals surface area contributed by atoms with E-state index in [4.69, 9.17) is 4.42 Å². The third kappa shape index (κ3) is 6.30. The number of hydrogen-bond donors (Lipinski definition) is 2. The molecule has 9 heteroatoms. The highest BCUT2D eigenvalue weighted by Crippen LogP contribution is 2.17. The average molecular weight is 467 g/mol. The Morgan fingerprint density at radius 3 is 2.52 bits per heavy atom. The van der Waals surface area contributed by atoms with Gasteiger partial charge in [-0.25, -0.2) is 18.1 Å². The topological polar surface area (TPSA) is 105 Å². The molecule has 1 fully saturated rings. The van der Waals surface area contributed by atoms with Crippen molar-refractivity contribution in [3.8, 4) is 0 Å². The first-order valence-corrected chi connectivity index (χ1v) is 12.3. The number of sulfonamides is 1. The molecule has 4 rings (SSSR count). The van der Waals surface area contributed by atoms with Gasteiger partial charge in [0.2, 0.25) is 15.9 Å². The van der Waals surface area contributed by atoms with Crippen molar-refractivity contribution >= 4 is 27.8 Å². The minimum atomic E-state index is -3.65. The van der Waals surface area contributed by atoms with E-state index in [1.165, 1.54) is 37.3 Å². The Kier molecular flexibility index (Phi) is 7.21. The van der Waals surface area contributed by atoms with E-state index >= 15 is 0 Å². The first-order valence-electron chi connectivity index (χ1n) is 10.8. The van der Waals surface area contributed by atoms with Crippen molar-refractivity contribution in [1.29, 1.82) is 0 Å². The second kappa shape index (κ2) is 10.5. The average Bonchev–Trinajstić information content (AvgIpc) is 3.55. The fourth-order valence-corrected chi connectivity index (χ4v) is 4.49. The van der Waals surface area contributed by atoms with Gasteiger partial charge >= 0.3 is 0 Å². The van der Waals surface area contributed by atoms with E-state index in [1.54, 1.807) is 36.5 Å². The van der Waals surface area contributed by atoms with E-state index in [-0.39, 0.29) is 17.3 Å². The quantitative estimate of drug-likeness (QED) is 0.470. The second-order valence-electron chi connectivity index (χ2n) is 7.74. The van der Waals surface area contributed by atoms with Crippen LogP contribution in [-0.4, -0.2) is 32.4 Å². The van der Waals surface area contributed by atoms with Gasteiger partial charge in [-0.2, -0.15) is 0 Å². The van der Waals surface area contributed by atoms with Crippen LogP contribution in [0.25, 0.3) is 6.08 Å². The van der Waals surface area contributed by atoms with Crippen molar-refractivity contribution in [2.75, 3.05) is 18.0 Å². The molecule has 0 saturated carbocycles. The molecular formula is C24H26N4O4S. The predicted molar refractivity (Wildman–Crippen MR) is 126 cm³/mol. The molecular weight excluding hydrogens is 440 g/mol. The summed E-state index contributed by atoms with van der Waals surface area (Å²) in [5, 5.41) is 2.83. The number of anilines is 1. The van der Waals surface area contributed by atoms with Gasteiger partial charge in [-0.15, -0.1) is 0 Å². The second-order valence-corrected chi connectivity index (χ2v) is 9.51. The van der Waals surface area contributed by atoms with Crippen LogP contribution in [0.2, 0.25) is 0 Å². The number of benzene rings is 1. The van der Waals surface area contributed by atoms with Gasteiger partial charge in [-0.05, 0) is 60.4 Å². The molecule has 8 nitrogen and oxygen atoms in total. The SMILES string of the molecule is O=C(/C=C/c1ccc(S(=O)(=O)NCc2ccco2)cc1)NCc1ccc(N2CCCC2)nc1. The standard InChI is InChI=1S/C24H26N4O4S/c29-24(26-17-20-7-11-23(25-16-20)28-13-1-2-14-28)12-8-19-5-9-22(10-6-19)33(30,31)27-18-21-4-3-15-32-21/h3-12,15-16,27H,1-2,13-14,17-18H2,(H,26,29)/b12-8+. The smallest absolute Gasteiger partial charge is 0.244 e. The molecule has 1 aliphatic heterocycles. The van der Waals surface area contributed by atoms with Crippen LogP contribution in [-0.2, 0) is 27.9 Å². The summed E-state index contributed by atoms with van der Waals surface area (Å²) >= 11 is 0. The maximum Gasteiger partial charge on any atom is 0.244 e. The van der Waals surface area contributed by atoms with Crippen LogP contribution < -0.4 is 14.9 Å². The molecule has 172 valence electrons. The molecule has 33 heavy (non-hydrogen) atoms. The summed E-state index contributed by atoms with van der Waals surface area (Å²) in [7, 11) is -3.65. The van der Waals surface area contributed by atoms with Crippen LogP contribution in [0.4, 0.5) is 5.82 Å². The summed E-state index contributed by atoms with van der Waals surface area (Å²) in [6, 6.07) is 13.6. The van der Waals surface area contributed by atoms with Gasteiger partial charge < -0.3 is 14.6 Å². The highest BCUT2D eigenvalue weighted by atomic mass is 32.2. The lowest BCUT2D eigenvalue weighted by Gasteiger charge is -2.16. The summed E-state index contributed by atoms with van der Waals surface area (Å²) < 4.78 is 32.4. The van der Waals surface area contributed by atoms with Gasteiger partial charge in [0, 0.05) is 31.9 Å². The molecule has 2 N–H and O–H groups in total. The molecule has 0 spiro atoms. The van der Waals surface area contributed by atoms with E-state index in [9.17, 15) is 13.2 Å². The number of nitrogens with one attached hydrogen (secondary N) is 2. The van der Waals surface area contributed by atoms with E-state index in [1.807, 2.05) is 12.1 Å². The van der Waals surface area contributed by atoms with Gasteiger partial charge in [0.25, 0.3) is 0 Å². The lowest BCUT2D eigenvalue weighted by molar-refractivity contribution is -0.116. The lowest BCUT2D eigenvalue weighted by atomic mass is 10.2. The summed E-state index contributed by atoms with van der Waals surface area (Å²) in [5.41, 5.74) is 1.64. The summed E-state index contributed by atoms with van der Waals surface area (Å²) in [6.45, 7) is 2.55. The molecule has 2 aromatic heterocycles. The van der Waals surface area contributed by atoms with Crippen molar-refractivity contribution < 1.29 is 17.6 Å². The number of nitrogens with zero attached hydrogens (tertiary/aromatic N) is 2. The molecule has 0 bridgehead atoms. The normalized spacial score (nSPS) is 14.1. The zero-order valence-electron chi connectivity index (χ0n) is 18.1. The minimum absolute atomic E-state index is 0.0770. The maximum absolute atomic E-state index is 12.4. The number of hydrogen-bond acceptors (Lipinski definition) is 6. The third-order valence-corrected chi connectivity index (χ3v) is 6.76. The third-order valence-electron chi connectivity index (χ3n) is 5.34. The van der Waals surface area contributed by atoms with Crippen LogP contribution in [0.1, 0.15) is 29.7 Å². The Labute approximate surface area is 193 Å². The Bertz CT molecular complexity index is 1180. The fourth-order valence-electron chi connectivity index (χ4n) is 3.50. The lowest BCUT2D eigenvalue weighted by Crippen LogP contribution is -2.22. The van der Waals surface area contributed by atoms with Gasteiger partial charge in [-0.3, -0.25) is 4.79 Å². The van der Waals surface area contributed by atoms with Gasteiger partial charge in [0.1, 0.15) is 11.6 Å². The molecule has 1 aromatic carbocycles. The molecule has 0 radical (unpaired) electrons. The molecule has 0 unspecified atom stereocenters. The molecule has 0 atom stereocenters. The highest BCUT2D eigenvalue weighted by molar-refractivity contribution is 7.89. The Morgan fingerprint density at radius 2 is 1.85 bits per heavy atom. The number of rotatable bonds is 9. The Morgan fingerprint density at radius 1 is 1.06 bits per heavy atom.